The van der Waals surface area contributed by atoms with Crippen molar-refractivity contribution in [2.24, 2.45) is 5.92 Å². The standard InChI is InChI=1S/C19H28N4O/c1-16(2)15-23-13-11-22(12-14-23)10-6-9-18-20-19(21-24-18)17-7-4-3-5-8-17/h3-5,7-8,16H,6,9-15H2,1-2H3. The number of piperazine rings is 1. The van der Waals surface area contributed by atoms with Gasteiger partial charge in [-0.2, -0.15) is 4.98 Å². The SMILES string of the molecule is CC(C)CN1CCN(CCCc2nc(-c3ccccc3)no2)CC1. The second-order valence-electron chi connectivity index (χ2n) is 7.02. The van der Waals surface area contributed by atoms with Crippen molar-refractivity contribution in [2.75, 3.05) is 39.3 Å². The van der Waals surface area contributed by atoms with Gasteiger partial charge < -0.3 is 14.3 Å². The van der Waals surface area contributed by atoms with Gasteiger partial charge in [0, 0.05) is 44.7 Å². The summed E-state index contributed by atoms with van der Waals surface area (Å²) in [7, 11) is 0. The number of hydrogen-bond donors (Lipinski definition) is 0. The van der Waals surface area contributed by atoms with Crippen molar-refractivity contribution in [2.45, 2.75) is 26.7 Å². The van der Waals surface area contributed by atoms with Crippen molar-refractivity contribution in [3.05, 3.63) is 36.2 Å². The van der Waals surface area contributed by atoms with Gasteiger partial charge in [-0.25, -0.2) is 0 Å². The molecule has 1 fully saturated rings. The summed E-state index contributed by atoms with van der Waals surface area (Å²) in [5.41, 5.74) is 1.01. The van der Waals surface area contributed by atoms with Crippen molar-refractivity contribution in [1.29, 1.82) is 0 Å². The van der Waals surface area contributed by atoms with E-state index >= 15 is 0 Å². The molecule has 0 unspecified atom stereocenters. The molecule has 3 rings (SSSR count). The Bertz CT molecular complexity index is 603. The first-order valence-corrected chi connectivity index (χ1v) is 9.03. The molecule has 0 atom stereocenters. The minimum Gasteiger partial charge on any atom is -0.339 e. The molecule has 0 spiro atoms. The summed E-state index contributed by atoms with van der Waals surface area (Å²) in [5, 5.41) is 4.08. The third-order valence-corrected chi connectivity index (χ3v) is 4.45. The van der Waals surface area contributed by atoms with Crippen molar-refractivity contribution in [3.63, 3.8) is 0 Å². The van der Waals surface area contributed by atoms with Crippen LogP contribution < -0.4 is 0 Å². The molecule has 130 valence electrons. The smallest absolute Gasteiger partial charge is 0.227 e. The minimum atomic E-state index is 0.688. The molecule has 5 nitrogen and oxygen atoms in total. The van der Waals surface area contributed by atoms with Gasteiger partial charge in [0.2, 0.25) is 11.7 Å². The van der Waals surface area contributed by atoms with Gasteiger partial charge in [-0.15, -0.1) is 0 Å². The van der Waals surface area contributed by atoms with Crippen LogP contribution in [0.15, 0.2) is 34.9 Å². The predicted octanol–water partition coefficient (Wildman–Crippen LogP) is 2.94. The average Bonchev–Trinajstić information content (AvgIpc) is 3.06. The molecule has 0 saturated carbocycles. The van der Waals surface area contributed by atoms with Crippen molar-refractivity contribution in [3.8, 4) is 11.4 Å². The van der Waals surface area contributed by atoms with Gasteiger partial charge in [-0.05, 0) is 18.9 Å². The Morgan fingerprint density at radius 3 is 2.46 bits per heavy atom. The molecule has 0 aliphatic carbocycles. The van der Waals surface area contributed by atoms with Crippen molar-refractivity contribution < 1.29 is 4.52 Å². The van der Waals surface area contributed by atoms with Gasteiger partial charge in [0.05, 0.1) is 0 Å². The summed E-state index contributed by atoms with van der Waals surface area (Å²) in [6, 6.07) is 9.98. The highest BCUT2D eigenvalue weighted by Crippen LogP contribution is 2.15. The molecule has 2 aromatic rings. The zero-order chi connectivity index (χ0) is 16.8. The molecule has 5 heteroatoms. The van der Waals surface area contributed by atoms with Gasteiger partial charge in [0.15, 0.2) is 0 Å². The summed E-state index contributed by atoms with van der Waals surface area (Å²) in [6.07, 6.45) is 1.92. The first kappa shape index (κ1) is 17.1. The van der Waals surface area contributed by atoms with Crippen LogP contribution in [0.4, 0.5) is 0 Å². The Morgan fingerprint density at radius 1 is 1.04 bits per heavy atom. The molecule has 24 heavy (non-hydrogen) atoms. The molecule has 0 amide bonds. The molecular formula is C19H28N4O. The lowest BCUT2D eigenvalue weighted by molar-refractivity contribution is 0.121. The number of rotatable bonds is 7. The van der Waals surface area contributed by atoms with E-state index < -0.39 is 0 Å². The highest BCUT2D eigenvalue weighted by Gasteiger charge is 2.17. The van der Waals surface area contributed by atoms with E-state index in [0.717, 1.165) is 36.8 Å². The van der Waals surface area contributed by atoms with Crippen LogP contribution >= 0.6 is 0 Å². The first-order valence-electron chi connectivity index (χ1n) is 9.03. The molecular weight excluding hydrogens is 300 g/mol. The lowest BCUT2D eigenvalue weighted by Gasteiger charge is -2.35. The molecule has 1 aromatic carbocycles. The Morgan fingerprint density at radius 2 is 1.75 bits per heavy atom. The fourth-order valence-electron chi connectivity index (χ4n) is 3.23. The van der Waals surface area contributed by atoms with E-state index in [1.807, 2.05) is 30.3 Å². The van der Waals surface area contributed by atoms with Crippen molar-refractivity contribution >= 4 is 0 Å². The van der Waals surface area contributed by atoms with Gasteiger partial charge in [0.25, 0.3) is 0 Å². The highest BCUT2D eigenvalue weighted by molar-refractivity contribution is 5.53. The van der Waals surface area contributed by atoms with E-state index in [-0.39, 0.29) is 0 Å². The molecule has 1 aliphatic heterocycles. The molecule has 2 heterocycles. The second kappa shape index (κ2) is 8.40. The summed E-state index contributed by atoms with van der Waals surface area (Å²) < 4.78 is 5.38. The van der Waals surface area contributed by atoms with Crippen LogP contribution in [0.3, 0.4) is 0 Å². The largest absolute Gasteiger partial charge is 0.339 e. The molecule has 0 radical (unpaired) electrons. The van der Waals surface area contributed by atoms with E-state index in [2.05, 4.69) is 33.8 Å². The van der Waals surface area contributed by atoms with Crippen LogP contribution in [-0.4, -0.2) is 59.2 Å². The summed E-state index contributed by atoms with van der Waals surface area (Å²) in [6.45, 7) is 11.6. The predicted molar refractivity (Wildman–Crippen MR) is 95.8 cm³/mol. The highest BCUT2D eigenvalue weighted by atomic mass is 16.5. The number of nitrogens with zero attached hydrogens (tertiary/aromatic N) is 4. The van der Waals surface area contributed by atoms with Crippen LogP contribution in [0.2, 0.25) is 0 Å². The maximum atomic E-state index is 5.38. The Hall–Kier alpha value is -1.72. The molecule has 0 N–H and O–H groups in total. The van der Waals surface area contributed by atoms with E-state index in [1.165, 1.54) is 32.7 Å². The minimum absolute atomic E-state index is 0.688. The molecule has 1 aliphatic rings. The average molecular weight is 328 g/mol. The van der Waals surface area contributed by atoms with E-state index in [1.54, 1.807) is 0 Å². The van der Waals surface area contributed by atoms with Crippen LogP contribution in [0, 0.1) is 5.92 Å². The maximum absolute atomic E-state index is 5.38. The van der Waals surface area contributed by atoms with Crippen LogP contribution in [0.25, 0.3) is 11.4 Å². The topological polar surface area (TPSA) is 45.4 Å². The van der Waals surface area contributed by atoms with Crippen LogP contribution in [0.1, 0.15) is 26.2 Å². The third kappa shape index (κ3) is 4.89. The number of benzene rings is 1. The van der Waals surface area contributed by atoms with Crippen LogP contribution in [0.5, 0.6) is 0 Å². The number of aryl methyl sites for hydroxylation is 1. The maximum Gasteiger partial charge on any atom is 0.227 e. The van der Waals surface area contributed by atoms with Gasteiger partial charge >= 0.3 is 0 Å². The Labute approximate surface area is 144 Å². The zero-order valence-electron chi connectivity index (χ0n) is 14.8. The van der Waals surface area contributed by atoms with E-state index in [9.17, 15) is 0 Å². The quantitative estimate of drug-likeness (QED) is 0.782. The summed E-state index contributed by atoms with van der Waals surface area (Å²) in [5.74, 6) is 2.19. The van der Waals surface area contributed by atoms with Crippen molar-refractivity contribution in [1.82, 2.24) is 19.9 Å². The Balaban J connectivity index is 1.39. The summed E-state index contributed by atoms with van der Waals surface area (Å²) >= 11 is 0. The van der Waals surface area contributed by atoms with Gasteiger partial charge in [-0.1, -0.05) is 49.3 Å². The molecule has 1 saturated heterocycles. The lowest BCUT2D eigenvalue weighted by Crippen LogP contribution is -2.47. The number of aromatic nitrogens is 2. The first-order chi connectivity index (χ1) is 11.7. The third-order valence-electron chi connectivity index (χ3n) is 4.45. The van der Waals surface area contributed by atoms with E-state index in [0.29, 0.717) is 5.82 Å². The number of hydrogen-bond acceptors (Lipinski definition) is 5. The fourth-order valence-corrected chi connectivity index (χ4v) is 3.23. The lowest BCUT2D eigenvalue weighted by atomic mass is 10.2. The van der Waals surface area contributed by atoms with Gasteiger partial charge in [-0.3, -0.25) is 0 Å². The molecule has 0 bridgehead atoms. The fraction of sp³-hybridized carbons (Fsp3) is 0.579. The monoisotopic (exact) mass is 328 g/mol. The Kier molecular flexibility index (Phi) is 5.99. The zero-order valence-corrected chi connectivity index (χ0v) is 14.8. The van der Waals surface area contributed by atoms with E-state index in [4.69, 9.17) is 4.52 Å². The van der Waals surface area contributed by atoms with Crippen LogP contribution in [-0.2, 0) is 6.42 Å². The van der Waals surface area contributed by atoms with Gasteiger partial charge in [0.1, 0.15) is 0 Å². The normalized spacial score (nSPS) is 16.8. The molecule has 1 aromatic heterocycles. The second-order valence-corrected chi connectivity index (χ2v) is 7.02. The summed E-state index contributed by atoms with van der Waals surface area (Å²) in [4.78, 5) is 9.62.